The number of nitrogens with zero attached hydrogens (tertiary/aromatic N) is 1. The number of amides is 2. The topological polar surface area (TPSA) is 83.6 Å². The number of carbonyl (C=O) groups excluding carboxylic acids is 2. The Morgan fingerprint density at radius 1 is 1.28 bits per heavy atom. The average Bonchev–Trinajstić information content (AvgIpc) is 2.69. The van der Waals surface area contributed by atoms with Crippen molar-refractivity contribution >= 4 is 11.8 Å². The smallest absolute Gasteiger partial charge is 0.253 e. The fourth-order valence-corrected chi connectivity index (χ4v) is 2.08. The molecule has 2 rings (SSSR count). The Balaban J connectivity index is 2.12. The van der Waals surface area contributed by atoms with Gasteiger partial charge in [-0.15, -0.1) is 0 Å². The molecule has 0 saturated carbocycles. The molecule has 0 aromatic heterocycles. The van der Waals surface area contributed by atoms with Gasteiger partial charge in [-0.05, 0) is 37.6 Å². The van der Waals surface area contributed by atoms with Crippen LogP contribution in [0.25, 0.3) is 0 Å². The van der Waals surface area contributed by atoms with Gasteiger partial charge in [-0.3, -0.25) is 9.59 Å². The first-order valence-electron chi connectivity index (χ1n) is 5.81. The van der Waals surface area contributed by atoms with Crippen LogP contribution < -0.4 is 5.73 Å². The van der Waals surface area contributed by atoms with Crippen LogP contribution in [0.4, 0.5) is 0 Å². The summed E-state index contributed by atoms with van der Waals surface area (Å²) in [6.07, 6.45) is 0.581. The van der Waals surface area contributed by atoms with Gasteiger partial charge in [0.2, 0.25) is 5.91 Å². The molecule has 96 valence electrons. The monoisotopic (exact) mass is 248 g/mol. The number of carbonyl (C=O) groups is 2. The Bertz CT molecular complexity index is 480. The number of benzene rings is 1. The molecule has 2 amide bonds. The second-order valence-electron chi connectivity index (χ2n) is 4.92. The molecule has 3 N–H and O–H groups in total. The second-order valence-corrected chi connectivity index (χ2v) is 4.92. The van der Waals surface area contributed by atoms with Crippen molar-refractivity contribution in [3.8, 4) is 0 Å². The Morgan fingerprint density at radius 3 is 2.28 bits per heavy atom. The van der Waals surface area contributed by atoms with E-state index in [1.165, 1.54) is 12.1 Å². The summed E-state index contributed by atoms with van der Waals surface area (Å²) >= 11 is 0. The van der Waals surface area contributed by atoms with E-state index >= 15 is 0 Å². The van der Waals surface area contributed by atoms with Crippen LogP contribution in [0.2, 0.25) is 0 Å². The first-order valence-corrected chi connectivity index (χ1v) is 5.81. The highest BCUT2D eigenvalue weighted by molar-refractivity contribution is 5.97. The summed E-state index contributed by atoms with van der Waals surface area (Å²) in [4.78, 5) is 24.6. The van der Waals surface area contributed by atoms with E-state index in [-0.39, 0.29) is 5.91 Å². The highest BCUT2D eigenvalue weighted by Gasteiger charge is 2.34. The Labute approximate surface area is 105 Å². The van der Waals surface area contributed by atoms with E-state index in [9.17, 15) is 14.7 Å². The van der Waals surface area contributed by atoms with Crippen molar-refractivity contribution in [1.82, 2.24) is 4.90 Å². The molecule has 0 aliphatic carbocycles. The number of aliphatic hydroxyl groups is 1. The van der Waals surface area contributed by atoms with Crippen molar-refractivity contribution in [2.75, 3.05) is 13.1 Å². The number of primary amides is 1. The molecule has 1 saturated heterocycles. The summed E-state index contributed by atoms with van der Waals surface area (Å²) in [6, 6.07) is 6.22. The van der Waals surface area contributed by atoms with Gasteiger partial charge in [0.05, 0.1) is 5.60 Å². The minimum Gasteiger partial charge on any atom is -0.388 e. The van der Waals surface area contributed by atoms with Gasteiger partial charge in [-0.25, -0.2) is 0 Å². The molecule has 1 aliphatic heterocycles. The van der Waals surface area contributed by atoms with Crippen LogP contribution in [0.5, 0.6) is 0 Å². The maximum absolute atomic E-state index is 12.1. The molecule has 1 aliphatic rings. The quantitative estimate of drug-likeness (QED) is 0.793. The highest BCUT2D eigenvalue weighted by atomic mass is 16.3. The third kappa shape index (κ3) is 2.51. The standard InChI is InChI=1S/C13H16N2O3/c1-13(18)6-7-15(8-13)12(17)10-4-2-9(3-5-10)11(14)16/h2-5,18H,6-8H2,1H3,(H2,14,16). The van der Waals surface area contributed by atoms with Gasteiger partial charge in [0.25, 0.3) is 5.91 Å². The molecule has 1 fully saturated rings. The Hall–Kier alpha value is -1.88. The van der Waals surface area contributed by atoms with Crippen molar-refractivity contribution in [2.24, 2.45) is 5.73 Å². The van der Waals surface area contributed by atoms with Crippen LogP contribution >= 0.6 is 0 Å². The van der Waals surface area contributed by atoms with Crippen LogP contribution in [0, 0.1) is 0 Å². The summed E-state index contributed by atoms with van der Waals surface area (Å²) in [6.45, 7) is 2.60. The molecule has 5 nitrogen and oxygen atoms in total. The summed E-state index contributed by atoms with van der Waals surface area (Å²) in [5.41, 5.74) is 5.20. The second kappa shape index (κ2) is 4.42. The van der Waals surface area contributed by atoms with Gasteiger partial charge >= 0.3 is 0 Å². The lowest BCUT2D eigenvalue weighted by Gasteiger charge is -2.19. The third-order valence-electron chi connectivity index (χ3n) is 3.16. The Kier molecular flexibility index (Phi) is 3.09. The fourth-order valence-electron chi connectivity index (χ4n) is 2.08. The van der Waals surface area contributed by atoms with Gasteiger partial charge < -0.3 is 15.7 Å². The van der Waals surface area contributed by atoms with Crippen molar-refractivity contribution in [3.63, 3.8) is 0 Å². The van der Waals surface area contributed by atoms with Gasteiger partial charge in [-0.2, -0.15) is 0 Å². The first-order chi connectivity index (χ1) is 8.39. The molecule has 1 aromatic rings. The van der Waals surface area contributed by atoms with Crippen molar-refractivity contribution < 1.29 is 14.7 Å². The van der Waals surface area contributed by atoms with Crippen LogP contribution in [0.3, 0.4) is 0 Å². The zero-order chi connectivity index (χ0) is 13.3. The highest BCUT2D eigenvalue weighted by Crippen LogP contribution is 2.22. The lowest BCUT2D eigenvalue weighted by Crippen LogP contribution is -2.33. The summed E-state index contributed by atoms with van der Waals surface area (Å²) in [5.74, 6) is -0.651. The van der Waals surface area contributed by atoms with Gasteiger partial charge in [-0.1, -0.05) is 0 Å². The van der Waals surface area contributed by atoms with Crippen LogP contribution in [-0.2, 0) is 0 Å². The number of rotatable bonds is 2. The van der Waals surface area contributed by atoms with E-state index in [1.54, 1.807) is 24.0 Å². The number of β-amino-alcohol motifs (C(OH)–C–C–N with tert-alkyl or cyclic N) is 1. The molecule has 0 radical (unpaired) electrons. The third-order valence-corrected chi connectivity index (χ3v) is 3.16. The lowest BCUT2D eigenvalue weighted by molar-refractivity contribution is 0.0572. The number of likely N-dealkylation sites (tertiary alicyclic amines) is 1. The molecule has 1 unspecified atom stereocenters. The Morgan fingerprint density at radius 2 is 1.83 bits per heavy atom. The first kappa shape index (κ1) is 12.6. The number of nitrogens with two attached hydrogens (primary N) is 1. The summed E-state index contributed by atoms with van der Waals surface area (Å²) < 4.78 is 0. The minimum atomic E-state index is -0.803. The van der Waals surface area contributed by atoms with E-state index in [4.69, 9.17) is 5.73 Å². The average molecular weight is 248 g/mol. The van der Waals surface area contributed by atoms with Gasteiger partial charge in [0, 0.05) is 24.2 Å². The van der Waals surface area contributed by atoms with Crippen LogP contribution in [0.15, 0.2) is 24.3 Å². The van der Waals surface area contributed by atoms with Gasteiger partial charge in [0.15, 0.2) is 0 Å². The molecular weight excluding hydrogens is 232 g/mol. The largest absolute Gasteiger partial charge is 0.388 e. The molecule has 5 heteroatoms. The van der Waals surface area contributed by atoms with Crippen molar-refractivity contribution in [2.45, 2.75) is 18.9 Å². The zero-order valence-electron chi connectivity index (χ0n) is 10.2. The molecule has 0 spiro atoms. The summed E-state index contributed by atoms with van der Waals surface area (Å²) in [7, 11) is 0. The fraction of sp³-hybridized carbons (Fsp3) is 0.385. The molecule has 1 aromatic carbocycles. The number of hydrogen-bond acceptors (Lipinski definition) is 3. The number of hydrogen-bond donors (Lipinski definition) is 2. The zero-order valence-corrected chi connectivity index (χ0v) is 10.2. The SMILES string of the molecule is CC1(O)CCN(C(=O)c2ccc(C(N)=O)cc2)C1. The van der Waals surface area contributed by atoms with Crippen molar-refractivity contribution in [1.29, 1.82) is 0 Å². The normalized spacial score (nSPS) is 23.1. The van der Waals surface area contributed by atoms with Gasteiger partial charge in [0.1, 0.15) is 0 Å². The lowest BCUT2D eigenvalue weighted by atomic mass is 10.1. The molecular formula is C13H16N2O3. The van der Waals surface area contributed by atoms with Crippen molar-refractivity contribution in [3.05, 3.63) is 35.4 Å². The molecule has 0 bridgehead atoms. The molecule has 1 heterocycles. The minimum absolute atomic E-state index is 0.135. The summed E-state index contributed by atoms with van der Waals surface area (Å²) in [5, 5.41) is 9.82. The van der Waals surface area contributed by atoms with E-state index in [1.807, 2.05) is 0 Å². The maximum atomic E-state index is 12.1. The van der Waals surface area contributed by atoms with E-state index in [2.05, 4.69) is 0 Å². The predicted molar refractivity (Wildman–Crippen MR) is 66.1 cm³/mol. The molecule has 18 heavy (non-hydrogen) atoms. The molecule has 1 atom stereocenters. The van der Waals surface area contributed by atoms with E-state index in [0.29, 0.717) is 30.6 Å². The van der Waals surface area contributed by atoms with Crippen LogP contribution in [-0.4, -0.2) is 40.5 Å². The maximum Gasteiger partial charge on any atom is 0.253 e. The van der Waals surface area contributed by atoms with E-state index in [0.717, 1.165) is 0 Å². The predicted octanol–water partition coefficient (Wildman–Crippen LogP) is 0.382. The van der Waals surface area contributed by atoms with E-state index < -0.39 is 11.5 Å². The van der Waals surface area contributed by atoms with Crippen LogP contribution in [0.1, 0.15) is 34.1 Å².